The smallest absolute Gasteiger partial charge is 0.215 e. The molecule has 5 nitrogen and oxygen atoms in total. The van der Waals surface area contributed by atoms with Crippen LogP contribution in [0.4, 0.5) is 0 Å². The molecule has 2 heterocycles. The minimum absolute atomic E-state index is 0.811. The monoisotopic (exact) mass is 244 g/mol. The molecule has 0 radical (unpaired) electrons. The van der Waals surface area contributed by atoms with Crippen LogP contribution in [0.2, 0.25) is 0 Å². The van der Waals surface area contributed by atoms with Crippen LogP contribution in [-0.2, 0) is 13.6 Å². The molecular weight excluding hydrogens is 228 g/mol. The number of aromatic nitrogens is 3. The summed E-state index contributed by atoms with van der Waals surface area (Å²) in [6.07, 6.45) is 2.11. The molecule has 1 aromatic carbocycles. The number of nitrogens with zero attached hydrogens (tertiary/aromatic N) is 3. The highest BCUT2D eigenvalue weighted by Gasteiger charge is 2.13. The fourth-order valence-corrected chi connectivity index (χ4v) is 2.32. The van der Waals surface area contributed by atoms with E-state index in [0.717, 1.165) is 29.1 Å². The van der Waals surface area contributed by atoms with Crippen LogP contribution in [0.3, 0.4) is 0 Å². The Balaban J connectivity index is 2.33. The average molecular weight is 244 g/mol. The van der Waals surface area contributed by atoms with Crippen LogP contribution in [0.1, 0.15) is 5.69 Å². The number of para-hydroxylation sites is 1. The lowest BCUT2D eigenvalue weighted by atomic mass is 10.3. The van der Waals surface area contributed by atoms with Gasteiger partial charge in [0.15, 0.2) is 0 Å². The summed E-state index contributed by atoms with van der Waals surface area (Å²) in [5.41, 5.74) is 3.17. The van der Waals surface area contributed by atoms with Crippen molar-refractivity contribution in [2.24, 2.45) is 7.05 Å². The van der Waals surface area contributed by atoms with Gasteiger partial charge >= 0.3 is 0 Å². The SMILES string of the molecule is CNCc1cn2c3cccc(OC)c3nc2n1C. The summed E-state index contributed by atoms with van der Waals surface area (Å²) in [6, 6.07) is 5.98. The molecule has 0 saturated heterocycles. The van der Waals surface area contributed by atoms with Crippen molar-refractivity contribution >= 4 is 16.8 Å². The Labute approximate surface area is 105 Å². The van der Waals surface area contributed by atoms with Crippen LogP contribution in [0.15, 0.2) is 24.4 Å². The Hall–Kier alpha value is -2.01. The maximum atomic E-state index is 5.35. The van der Waals surface area contributed by atoms with Crippen LogP contribution in [0.25, 0.3) is 16.8 Å². The van der Waals surface area contributed by atoms with Gasteiger partial charge in [0.25, 0.3) is 0 Å². The van der Waals surface area contributed by atoms with Crippen molar-refractivity contribution in [3.05, 3.63) is 30.1 Å². The van der Waals surface area contributed by atoms with E-state index in [-0.39, 0.29) is 0 Å². The van der Waals surface area contributed by atoms with E-state index < -0.39 is 0 Å². The number of nitrogens with one attached hydrogen (secondary N) is 1. The normalized spacial score (nSPS) is 11.5. The Morgan fingerprint density at radius 2 is 2.22 bits per heavy atom. The number of aryl methyl sites for hydroxylation is 1. The summed E-state index contributed by atoms with van der Waals surface area (Å²) in [6.45, 7) is 0.825. The van der Waals surface area contributed by atoms with Gasteiger partial charge in [-0.1, -0.05) is 6.07 Å². The largest absolute Gasteiger partial charge is 0.494 e. The molecule has 0 aliphatic heterocycles. The molecule has 5 heteroatoms. The summed E-state index contributed by atoms with van der Waals surface area (Å²) < 4.78 is 9.54. The minimum Gasteiger partial charge on any atom is -0.494 e. The molecular formula is C13H16N4O. The van der Waals surface area contributed by atoms with Crippen LogP contribution in [0, 0.1) is 0 Å². The van der Waals surface area contributed by atoms with Gasteiger partial charge in [-0.15, -0.1) is 0 Å². The van der Waals surface area contributed by atoms with Crippen LogP contribution >= 0.6 is 0 Å². The van der Waals surface area contributed by atoms with Gasteiger partial charge in [-0.2, -0.15) is 0 Å². The second-order valence-corrected chi connectivity index (χ2v) is 4.32. The minimum atomic E-state index is 0.811. The molecule has 0 aliphatic carbocycles. The lowest BCUT2D eigenvalue weighted by molar-refractivity contribution is 0.419. The fraction of sp³-hybridized carbons (Fsp3) is 0.308. The lowest BCUT2D eigenvalue weighted by Gasteiger charge is -2.01. The standard InChI is InChI=1S/C13H16N4O/c1-14-7-9-8-17-10-5-4-6-11(18-3)12(10)15-13(17)16(9)2/h4-6,8,14H,7H2,1-3H3. The second kappa shape index (κ2) is 4.03. The van der Waals surface area contributed by atoms with Gasteiger partial charge in [-0.3, -0.25) is 4.40 Å². The summed E-state index contributed by atoms with van der Waals surface area (Å²) in [5.74, 6) is 1.74. The number of hydrogen-bond donors (Lipinski definition) is 1. The van der Waals surface area contributed by atoms with E-state index in [2.05, 4.69) is 31.5 Å². The maximum Gasteiger partial charge on any atom is 0.215 e. The van der Waals surface area contributed by atoms with E-state index in [1.807, 2.05) is 26.2 Å². The van der Waals surface area contributed by atoms with E-state index >= 15 is 0 Å². The zero-order valence-corrected chi connectivity index (χ0v) is 10.8. The molecule has 0 saturated carbocycles. The third-order valence-electron chi connectivity index (χ3n) is 3.25. The van der Waals surface area contributed by atoms with Gasteiger partial charge in [0, 0.05) is 19.8 Å². The predicted octanol–water partition coefficient (Wildman–Crippen LogP) is 1.55. The Kier molecular flexibility index (Phi) is 2.48. The molecule has 1 N–H and O–H groups in total. The van der Waals surface area contributed by atoms with Crippen LogP contribution in [-0.4, -0.2) is 28.1 Å². The molecule has 18 heavy (non-hydrogen) atoms. The third-order valence-corrected chi connectivity index (χ3v) is 3.25. The van der Waals surface area contributed by atoms with E-state index in [1.165, 1.54) is 5.69 Å². The van der Waals surface area contributed by atoms with Crippen molar-refractivity contribution < 1.29 is 4.74 Å². The highest BCUT2D eigenvalue weighted by molar-refractivity contribution is 5.85. The number of methoxy groups -OCH3 is 1. The summed E-state index contributed by atoms with van der Waals surface area (Å²) in [7, 11) is 5.64. The van der Waals surface area contributed by atoms with E-state index in [1.54, 1.807) is 7.11 Å². The third kappa shape index (κ3) is 1.41. The molecule has 3 rings (SSSR count). The molecule has 0 fully saturated rings. The molecule has 0 atom stereocenters. The van der Waals surface area contributed by atoms with Crippen LogP contribution in [0.5, 0.6) is 5.75 Å². The maximum absolute atomic E-state index is 5.35. The number of hydrogen-bond acceptors (Lipinski definition) is 3. The van der Waals surface area contributed by atoms with Crippen molar-refractivity contribution in [3.63, 3.8) is 0 Å². The number of fused-ring (bicyclic) bond motifs is 3. The molecule has 0 amide bonds. The van der Waals surface area contributed by atoms with E-state index in [9.17, 15) is 0 Å². The van der Waals surface area contributed by atoms with Crippen molar-refractivity contribution in [2.45, 2.75) is 6.54 Å². The Bertz CT molecular complexity index is 710. The van der Waals surface area contributed by atoms with E-state index in [0.29, 0.717) is 0 Å². The Morgan fingerprint density at radius 1 is 1.39 bits per heavy atom. The van der Waals surface area contributed by atoms with Gasteiger partial charge in [0.2, 0.25) is 5.78 Å². The molecule has 0 spiro atoms. The molecule has 94 valence electrons. The quantitative estimate of drug-likeness (QED) is 0.760. The number of rotatable bonds is 3. The van der Waals surface area contributed by atoms with Gasteiger partial charge in [-0.05, 0) is 19.2 Å². The van der Waals surface area contributed by atoms with Gasteiger partial charge in [0.05, 0.1) is 18.3 Å². The second-order valence-electron chi connectivity index (χ2n) is 4.32. The molecule has 2 aromatic heterocycles. The highest BCUT2D eigenvalue weighted by Crippen LogP contribution is 2.26. The first-order chi connectivity index (χ1) is 8.76. The molecule has 0 unspecified atom stereocenters. The lowest BCUT2D eigenvalue weighted by Crippen LogP contribution is -2.08. The highest BCUT2D eigenvalue weighted by atomic mass is 16.5. The molecule has 0 aliphatic rings. The van der Waals surface area contributed by atoms with Gasteiger partial charge < -0.3 is 14.6 Å². The van der Waals surface area contributed by atoms with Gasteiger partial charge in [-0.25, -0.2) is 4.98 Å². The first kappa shape index (κ1) is 11.1. The fourth-order valence-electron chi connectivity index (χ4n) is 2.32. The number of ether oxygens (including phenoxy) is 1. The summed E-state index contributed by atoms with van der Waals surface area (Å²) in [4.78, 5) is 4.66. The molecule has 0 bridgehead atoms. The Morgan fingerprint density at radius 3 is 2.94 bits per heavy atom. The zero-order chi connectivity index (χ0) is 12.7. The molecule has 3 aromatic rings. The summed E-state index contributed by atoms with van der Waals surface area (Å²) >= 11 is 0. The zero-order valence-electron chi connectivity index (χ0n) is 10.8. The number of benzene rings is 1. The van der Waals surface area contributed by atoms with Crippen molar-refractivity contribution in [3.8, 4) is 5.75 Å². The van der Waals surface area contributed by atoms with Crippen molar-refractivity contribution in [2.75, 3.05) is 14.2 Å². The first-order valence-electron chi connectivity index (χ1n) is 5.90. The van der Waals surface area contributed by atoms with E-state index in [4.69, 9.17) is 4.74 Å². The predicted molar refractivity (Wildman–Crippen MR) is 71.0 cm³/mol. The number of imidazole rings is 2. The van der Waals surface area contributed by atoms with Crippen molar-refractivity contribution in [1.29, 1.82) is 0 Å². The van der Waals surface area contributed by atoms with Gasteiger partial charge in [0.1, 0.15) is 11.3 Å². The average Bonchev–Trinajstić information content (AvgIpc) is 2.89. The topological polar surface area (TPSA) is 43.5 Å². The van der Waals surface area contributed by atoms with Crippen molar-refractivity contribution in [1.82, 2.24) is 19.3 Å². The first-order valence-corrected chi connectivity index (χ1v) is 5.90. The van der Waals surface area contributed by atoms with Crippen LogP contribution < -0.4 is 10.1 Å². The summed E-state index contributed by atoms with van der Waals surface area (Å²) in [5, 5.41) is 3.16.